The Kier molecular flexibility index (Phi) is 6.01. The summed E-state index contributed by atoms with van der Waals surface area (Å²) in [6.07, 6.45) is 2.65. The zero-order valence-corrected chi connectivity index (χ0v) is 17.2. The number of hydrogen-bond acceptors (Lipinski definition) is 6. The number of hydrogen-bond donors (Lipinski definition) is 2. The number of rotatable bonds is 6. The molecule has 0 amide bonds. The third kappa shape index (κ3) is 4.57. The Hall–Kier alpha value is -3.47. The van der Waals surface area contributed by atoms with Crippen LogP contribution in [0.15, 0.2) is 41.5 Å². The second-order valence-corrected chi connectivity index (χ2v) is 7.35. The molecule has 0 aliphatic carbocycles. The van der Waals surface area contributed by atoms with Crippen LogP contribution >= 0.6 is 0 Å². The maximum atomic E-state index is 13.0. The van der Waals surface area contributed by atoms with Crippen molar-refractivity contribution >= 4 is 23.2 Å². The number of aromatic nitrogens is 1. The summed E-state index contributed by atoms with van der Waals surface area (Å²) in [4.78, 5) is 10.7. The fraction of sp³-hybridized carbons (Fsp3) is 0.318. The van der Waals surface area contributed by atoms with Gasteiger partial charge in [-0.05, 0) is 38.1 Å². The molecule has 1 aromatic heterocycles. The molecule has 8 heteroatoms. The van der Waals surface area contributed by atoms with Crippen LogP contribution in [0.2, 0.25) is 0 Å². The van der Waals surface area contributed by atoms with Crippen LogP contribution in [0.25, 0.3) is 16.8 Å². The molecule has 0 saturated heterocycles. The van der Waals surface area contributed by atoms with Crippen molar-refractivity contribution in [1.29, 1.82) is 5.26 Å². The van der Waals surface area contributed by atoms with E-state index >= 15 is 0 Å². The number of nitrogens with one attached hydrogen (secondary N) is 1. The van der Waals surface area contributed by atoms with Crippen molar-refractivity contribution in [3.63, 3.8) is 0 Å². The number of nitrogens with two attached hydrogens (primary N) is 1. The molecule has 1 aliphatic heterocycles. The van der Waals surface area contributed by atoms with Crippen LogP contribution in [-0.2, 0) is 0 Å². The lowest BCUT2D eigenvalue weighted by Gasteiger charge is -2.17. The zero-order chi connectivity index (χ0) is 21.9. The molecule has 30 heavy (non-hydrogen) atoms. The zero-order valence-electron chi connectivity index (χ0n) is 17.2. The molecule has 3 rings (SSSR count). The largest absolute Gasteiger partial charge is 0.404 e. The van der Waals surface area contributed by atoms with Gasteiger partial charge in [-0.25, -0.2) is 13.8 Å². The predicted molar refractivity (Wildman–Crippen MR) is 117 cm³/mol. The molecule has 156 valence electrons. The normalized spacial score (nSPS) is 16.5. The van der Waals surface area contributed by atoms with E-state index in [0.29, 0.717) is 16.8 Å². The first-order valence-corrected chi connectivity index (χ1v) is 9.58. The molecule has 1 atom stereocenters. The fourth-order valence-electron chi connectivity index (χ4n) is 3.24. The molecule has 0 saturated carbocycles. The molecule has 0 spiro atoms. The quantitative estimate of drug-likeness (QED) is 0.695. The Morgan fingerprint density at radius 2 is 2.17 bits per heavy atom. The minimum atomic E-state index is -2.77. The van der Waals surface area contributed by atoms with E-state index in [-0.39, 0.29) is 24.8 Å². The molecule has 0 bridgehead atoms. The van der Waals surface area contributed by atoms with Crippen molar-refractivity contribution in [3.8, 4) is 17.3 Å². The van der Waals surface area contributed by atoms with E-state index in [2.05, 4.69) is 33.2 Å². The van der Waals surface area contributed by atoms with Gasteiger partial charge in [0.2, 0.25) is 5.92 Å². The summed E-state index contributed by atoms with van der Waals surface area (Å²) in [5.74, 6) is -2.77. The van der Waals surface area contributed by atoms with Crippen LogP contribution in [0, 0.1) is 11.3 Å². The molecule has 1 aromatic carbocycles. The standard InChI is InChI=1S/C22H24F2N6/c1-14-28-19-10-15(4-7-20(19)30(14)3)21-18(6-5-17(12-26)29-21)16(11-25)13-27-9-8-22(2,23)24/h4-7,10-11,13-14,28H,8-9,25H2,1-3H3. The van der Waals surface area contributed by atoms with Gasteiger partial charge in [0.25, 0.3) is 0 Å². The van der Waals surface area contributed by atoms with Crippen molar-refractivity contribution in [2.45, 2.75) is 32.4 Å². The van der Waals surface area contributed by atoms with E-state index in [4.69, 9.17) is 5.73 Å². The second-order valence-electron chi connectivity index (χ2n) is 7.35. The Balaban J connectivity index is 1.99. The van der Waals surface area contributed by atoms with Crippen LogP contribution in [0.4, 0.5) is 20.2 Å². The van der Waals surface area contributed by atoms with Crippen LogP contribution in [-0.4, -0.2) is 36.9 Å². The Morgan fingerprint density at radius 1 is 1.40 bits per heavy atom. The highest BCUT2D eigenvalue weighted by atomic mass is 19.3. The highest BCUT2D eigenvalue weighted by Gasteiger charge is 2.23. The molecule has 2 aromatic rings. The number of fused-ring (bicyclic) bond motifs is 1. The van der Waals surface area contributed by atoms with E-state index in [0.717, 1.165) is 23.9 Å². The third-order valence-corrected chi connectivity index (χ3v) is 5.01. The maximum absolute atomic E-state index is 13.0. The number of anilines is 2. The summed E-state index contributed by atoms with van der Waals surface area (Å²) in [7, 11) is 2.01. The number of nitrogens with zero attached hydrogens (tertiary/aromatic N) is 4. The Bertz CT molecular complexity index is 1030. The highest BCUT2D eigenvalue weighted by molar-refractivity contribution is 6.11. The number of nitriles is 1. The van der Waals surface area contributed by atoms with Gasteiger partial charge in [0.15, 0.2) is 0 Å². The van der Waals surface area contributed by atoms with Crippen molar-refractivity contribution in [1.82, 2.24) is 4.98 Å². The highest BCUT2D eigenvalue weighted by Crippen LogP contribution is 2.37. The number of benzene rings is 1. The molecule has 1 unspecified atom stereocenters. The lowest BCUT2D eigenvalue weighted by molar-refractivity contribution is 0.0158. The molecule has 3 N–H and O–H groups in total. The van der Waals surface area contributed by atoms with E-state index in [1.165, 1.54) is 12.4 Å². The van der Waals surface area contributed by atoms with Gasteiger partial charge < -0.3 is 16.0 Å². The molecule has 6 nitrogen and oxygen atoms in total. The number of aliphatic imine (C=N–C) groups is 1. The van der Waals surface area contributed by atoms with Crippen molar-refractivity contribution in [2.24, 2.45) is 10.7 Å². The van der Waals surface area contributed by atoms with Crippen LogP contribution < -0.4 is 16.0 Å². The molecular formula is C22H24F2N6. The molecule has 0 radical (unpaired) electrons. The minimum absolute atomic E-state index is 0.0210. The lowest BCUT2D eigenvalue weighted by Crippen LogP contribution is -2.28. The van der Waals surface area contributed by atoms with Crippen LogP contribution in [0.3, 0.4) is 0 Å². The van der Waals surface area contributed by atoms with Gasteiger partial charge in [-0.3, -0.25) is 4.99 Å². The van der Waals surface area contributed by atoms with Gasteiger partial charge in [0.05, 0.1) is 23.2 Å². The van der Waals surface area contributed by atoms with Gasteiger partial charge in [-0.1, -0.05) is 6.07 Å². The molecule has 2 heterocycles. The van der Waals surface area contributed by atoms with Crippen LogP contribution in [0.1, 0.15) is 31.5 Å². The average molecular weight is 410 g/mol. The van der Waals surface area contributed by atoms with E-state index < -0.39 is 5.92 Å². The number of allylic oxidation sites excluding steroid dienone is 1. The van der Waals surface area contributed by atoms with E-state index in [1.54, 1.807) is 12.1 Å². The van der Waals surface area contributed by atoms with Crippen molar-refractivity contribution < 1.29 is 8.78 Å². The third-order valence-electron chi connectivity index (χ3n) is 5.01. The summed E-state index contributed by atoms with van der Waals surface area (Å²) in [5, 5.41) is 12.7. The molecular weight excluding hydrogens is 386 g/mol. The summed E-state index contributed by atoms with van der Waals surface area (Å²) >= 11 is 0. The van der Waals surface area contributed by atoms with E-state index in [1.807, 2.05) is 25.2 Å². The second kappa shape index (κ2) is 8.49. The van der Waals surface area contributed by atoms with Crippen molar-refractivity contribution in [2.75, 3.05) is 23.8 Å². The summed E-state index contributed by atoms with van der Waals surface area (Å²) in [5.41, 5.74) is 10.7. The maximum Gasteiger partial charge on any atom is 0.247 e. The van der Waals surface area contributed by atoms with E-state index in [9.17, 15) is 14.0 Å². The first-order chi connectivity index (χ1) is 14.2. The van der Waals surface area contributed by atoms with Gasteiger partial charge in [-0.15, -0.1) is 0 Å². The number of pyridine rings is 1. The summed E-state index contributed by atoms with van der Waals surface area (Å²) in [6, 6.07) is 11.3. The minimum Gasteiger partial charge on any atom is -0.404 e. The fourth-order valence-corrected chi connectivity index (χ4v) is 3.24. The first-order valence-electron chi connectivity index (χ1n) is 9.58. The lowest BCUT2D eigenvalue weighted by atomic mass is 9.99. The van der Waals surface area contributed by atoms with Gasteiger partial charge in [0.1, 0.15) is 11.8 Å². The summed E-state index contributed by atoms with van der Waals surface area (Å²) < 4.78 is 26.0. The van der Waals surface area contributed by atoms with Gasteiger partial charge >= 0.3 is 0 Å². The smallest absolute Gasteiger partial charge is 0.247 e. The monoisotopic (exact) mass is 410 g/mol. The first kappa shape index (κ1) is 21.2. The topological polar surface area (TPSA) is 90.3 Å². The predicted octanol–water partition coefficient (Wildman–Crippen LogP) is 4.24. The molecule has 1 aliphatic rings. The SMILES string of the molecule is CC1Nc2cc(-c3nc(C#N)ccc3C(C=NCCC(C)(F)F)=CN)ccc2N1C. The van der Waals surface area contributed by atoms with Crippen molar-refractivity contribution in [3.05, 3.63) is 47.8 Å². The van der Waals surface area contributed by atoms with Gasteiger partial charge in [0, 0.05) is 49.1 Å². The molecule has 0 fully saturated rings. The van der Waals surface area contributed by atoms with Gasteiger partial charge in [-0.2, -0.15) is 5.26 Å². The Morgan fingerprint density at radius 3 is 2.83 bits per heavy atom. The number of halogens is 2. The van der Waals surface area contributed by atoms with Crippen LogP contribution in [0.5, 0.6) is 0 Å². The Labute approximate surface area is 174 Å². The number of alkyl halides is 2. The average Bonchev–Trinajstić information content (AvgIpc) is 3.00. The summed E-state index contributed by atoms with van der Waals surface area (Å²) in [6.45, 7) is 2.91.